The topological polar surface area (TPSA) is 131 Å². The predicted octanol–water partition coefficient (Wildman–Crippen LogP) is 1.99. The van der Waals surface area contributed by atoms with Crippen molar-refractivity contribution in [3.8, 4) is 40.1 Å². The van der Waals surface area contributed by atoms with Crippen LogP contribution in [0.15, 0.2) is 39.5 Å². The molecule has 3 rings (SSSR count). The molecule has 8 heteroatoms. The Balaban J connectivity index is 0.00000192. The maximum absolute atomic E-state index is 12.1. The van der Waals surface area contributed by atoms with E-state index in [1.807, 2.05) is 0 Å². The number of fused-ring (bicyclic) bond motifs is 1. The van der Waals surface area contributed by atoms with Crippen LogP contribution >= 0.6 is 0 Å². The molecule has 0 radical (unpaired) electrons. The quantitative estimate of drug-likeness (QED) is 0.310. The van der Waals surface area contributed by atoms with Gasteiger partial charge in [0.1, 0.15) is 22.5 Å². The van der Waals surface area contributed by atoms with E-state index in [-0.39, 0.29) is 53.3 Å². The summed E-state index contributed by atoms with van der Waals surface area (Å²) in [5.41, 5.74) is -0.890. The summed E-state index contributed by atoms with van der Waals surface area (Å²) in [4.78, 5) is 12.1. The zero-order chi connectivity index (χ0) is 16.0. The number of hydrogen-bond acceptors (Lipinski definition) is 7. The molecule has 0 atom stereocenters. The Morgan fingerprint density at radius 3 is 2.17 bits per heavy atom. The Bertz CT molecular complexity index is 962. The van der Waals surface area contributed by atoms with E-state index < -0.39 is 22.7 Å². The molecule has 0 aliphatic carbocycles. The molecule has 23 heavy (non-hydrogen) atoms. The first-order valence-corrected chi connectivity index (χ1v) is 6.12. The van der Waals surface area contributed by atoms with Crippen LogP contribution in [0.4, 0.5) is 0 Å². The van der Waals surface area contributed by atoms with Crippen molar-refractivity contribution >= 4 is 11.0 Å². The molecule has 7 nitrogen and oxygen atoms in total. The van der Waals surface area contributed by atoms with Crippen LogP contribution in [-0.2, 0) is 19.5 Å². The molecule has 5 N–H and O–H groups in total. The molecule has 0 fully saturated rings. The van der Waals surface area contributed by atoms with E-state index in [9.17, 15) is 30.3 Å². The summed E-state index contributed by atoms with van der Waals surface area (Å²) in [6, 6.07) is 5.64. The largest absolute Gasteiger partial charge is 0.508 e. The average Bonchev–Trinajstić information content (AvgIpc) is 2.45. The van der Waals surface area contributed by atoms with Crippen molar-refractivity contribution in [1.29, 1.82) is 0 Å². The number of phenols is 4. The molecule has 0 bridgehead atoms. The van der Waals surface area contributed by atoms with E-state index in [0.717, 1.165) is 24.3 Å². The molecule has 120 valence electrons. The van der Waals surface area contributed by atoms with Gasteiger partial charge >= 0.3 is 0 Å². The SMILES string of the molecule is O=c1c(O)c(-c2ccc(O)c(O)c2)oc2cc(O)cc(O)c12.[Ru]. The van der Waals surface area contributed by atoms with Gasteiger partial charge in [0, 0.05) is 37.2 Å². The summed E-state index contributed by atoms with van der Waals surface area (Å²) in [5.74, 6) is -2.71. The summed E-state index contributed by atoms with van der Waals surface area (Å²) in [5, 5.41) is 47.6. The zero-order valence-electron chi connectivity index (χ0n) is 11.3. The minimum absolute atomic E-state index is 0. The first kappa shape index (κ1) is 16.6. The second-order valence-electron chi connectivity index (χ2n) is 4.65. The van der Waals surface area contributed by atoms with Crippen molar-refractivity contribution in [3.63, 3.8) is 0 Å². The molecule has 1 heterocycles. The van der Waals surface area contributed by atoms with Crippen LogP contribution in [0.1, 0.15) is 0 Å². The van der Waals surface area contributed by atoms with Gasteiger partial charge < -0.3 is 29.9 Å². The second kappa shape index (κ2) is 5.81. The molecule has 0 aliphatic heterocycles. The molecule has 0 amide bonds. The fourth-order valence-electron chi connectivity index (χ4n) is 2.14. The Kier molecular flexibility index (Phi) is 4.21. The normalized spacial score (nSPS) is 10.4. The number of rotatable bonds is 1. The Morgan fingerprint density at radius 2 is 1.52 bits per heavy atom. The van der Waals surface area contributed by atoms with Crippen LogP contribution in [0.2, 0.25) is 0 Å². The van der Waals surface area contributed by atoms with Crippen molar-refractivity contribution in [2.75, 3.05) is 0 Å². The van der Waals surface area contributed by atoms with Crippen molar-refractivity contribution in [3.05, 3.63) is 40.6 Å². The minimum atomic E-state index is -0.888. The summed E-state index contributed by atoms with van der Waals surface area (Å²) < 4.78 is 5.35. The van der Waals surface area contributed by atoms with Crippen LogP contribution in [-0.4, -0.2) is 25.5 Å². The molecule has 0 saturated heterocycles. The third kappa shape index (κ3) is 2.69. The van der Waals surface area contributed by atoms with Crippen molar-refractivity contribution in [1.82, 2.24) is 0 Å². The van der Waals surface area contributed by atoms with Crippen LogP contribution in [0.3, 0.4) is 0 Å². The average molecular weight is 403 g/mol. The van der Waals surface area contributed by atoms with Crippen molar-refractivity contribution in [2.24, 2.45) is 0 Å². The first-order valence-electron chi connectivity index (χ1n) is 6.12. The van der Waals surface area contributed by atoms with Gasteiger partial charge in [0.15, 0.2) is 17.3 Å². The molecule has 0 unspecified atom stereocenters. The van der Waals surface area contributed by atoms with Crippen LogP contribution < -0.4 is 5.43 Å². The molecule has 3 aromatic rings. The maximum atomic E-state index is 12.1. The number of phenolic OH excluding ortho intramolecular Hbond substituents is 4. The van der Waals surface area contributed by atoms with Gasteiger partial charge in [-0.2, -0.15) is 0 Å². The Labute approximate surface area is 141 Å². The van der Waals surface area contributed by atoms with Gasteiger partial charge in [0.25, 0.3) is 0 Å². The fraction of sp³-hybridized carbons (Fsp3) is 0. The maximum Gasteiger partial charge on any atom is 0.238 e. The van der Waals surface area contributed by atoms with E-state index in [1.54, 1.807) is 0 Å². The minimum Gasteiger partial charge on any atom is -0.508 e. The molecule has 0 aliphatic rings. The molecule has 0 spiro atoms. The first-order chi connectivity index (χ1) is 10.4. The van der Waals surface area contributed by atoms with Crippen molar-refractivity contribution in [2.45, 2.75) is 0 Å². The fourth-order valence-corrected chi connectivity index (χ4v) is 2.14. The third-order valence-corrected chi connectivity index (χ3v) is 3.17. The van der Waals surface area contributed by atoms with Crippen LogP contribution in [0.5, 0.6) is 28.7 Å². The standard InChI is InChI=1S/C15H10O7.Ru/c16-7-4-10(19)12-11(5-7)22-15(14(21)13(12)20)6-1-2-8(17)9(18)3-6;/h1-5,16-19,21H;. The van der Waals surface area contributed by atoms with Gasteiger partial charge in [-0.25, -0.2) is 0 Å². The summed E-state index contributed by atoms with van der Waals surface area (Å²) in [6.07, 6.45) is 0. The number of benzene rings is 2. The van der Waals surface area contributed by atoms with Gasteiger partial charge in [-0.05, 0) is 18.2 Å². The smallest absolute Gasteiger partial charge is 0.238 e. The number of aromatic hydroxyl groups is 5. The van der Waals surface area contributed by atoms with Gasteiger partial charge in [-0.1, -0.05) is 0 Å². The predicted molar refractivity (Wildman–Crippen MR) is 76.2 cm³/mol. The molecular weight excluding hydrogens is 393 g/mol. The van der Waals surface area contributed by atoms with Crippen LogP contribution in [0.25, 0.3) is 22.3 Å². The molecule has 0 saturated carbocycles. The Hall–Kier alpha value is -2.73. The van der Waals surface area contributed by atoms with E-state index in [4.69, 9.17) is 4.42 Å². The summed E-state index contributed by atoms with van der Waals surface area (Å²) in [7, 11) is 0. The van der Waals surface area contributed by atoms with Gasteiger partial charge in [0.05, 0.1) is 0 Å². The van der Waals surface area contributed by atoms with E-state index >= 15 is 0 Å². The monoisotopic (exact) mass is 404 g/mol. The van der Waals surface area contributed by atoms with E-state index in [1.165, 1.54) is 6.07 Å². The van der Waals surface area contributed by atoms with Gasteiger partial charge in [0.2, 0.25) is 11.2 Å². The number of hydrogen-bond donors (Lipinski definition) is 5. The van der Waals surface area contributed by atoms with E-state index in [2.05, 4.69) is 0 Å². The summed E-state index contributed by atoms with van der Waals surface area (Å²) >= 11 is 0. The third-order valence-electron chi connectivity index (χ3n) is 3.17. The Morgan fingerprint density at radius 1 is 0.826 bits per heavy atom. The molecule has 2 aromatic carbocycles. The summed E-state index contributed by atoms with van der Waals surface area (Å²) in [6.45, 7) is 0. The van der Waals surface area contributed by atoms with Gasteiger partial charge in [-0.3, -0.25) is 4.79 Å². The van der Waals surface area contributed by atoms with Crippen molar-refractivity contribution < 1.29 is 49.4 Å². The van der Waals surface area contributed by atoms with E-state index in [0.29, 0.717) is 0 Å². The zero-order valence-corrected chi connectivity index (χ0v) is 13.0. The molecular formula is C15H10O7Ru. The van der Waals surface area contributed by atoms with Gasteiger partial charge in [-0.15, -0.1) is 0 Å². The molecule has 1 aromatic heterocycles. The van der Waals surface area contributed by atoms with Crippen LogP contribution in [0, 0.1) is 0 Å². The second-order valence-corrected chi connectivity index (χ2v) is 4.65.